The van der Waals surface area contributed by atoms with E-state index in [1.54, 1.807) is 30.3 Å². The van der Waals surface area contributed by atoms with Gasteiger partial charge in [0, 0.05) is 27.4 Å². The average Bonchev–Trinajstić information content (AvgIpc) is 2.98. The normalized spacial score (nSPS) is 10.5. The van der Waals surface area contributed by atoms with E-state index < -0.39 is 5.97 Å². The van der Waals surface area contributed by atoms with Crippen LogP contribution in [-0.2, 0) is 9.53 Å². The van der Waals surface area contributed by atoms with E-state index in [4.69, 9.17) is 4.74 Å². The quantitative estimate of drug-likeness (QED) is 0.376. The molecule has 1 aromatic heterocycles. The predicted octanol–water partition coefficient (Wildman–Crippen LogP) is 4.92. The van der Waals surface area contributed by atoms with Crippen LogP contribution in [0.25, 0.3) is 0 Å². The maximum atomic E-state index is 12.2. The highest BCUT2D eigenvalue weighted by molar-refractivity contribution is 7.12. The Hall–Kier alpha value is -2.47. The Morgan fingerprint density at radius 1 is 1.07 bits per heavy atom. The second-order valence-electron chi connectivity index (χ2n) is 6.41. The van der Waals surface area contributed by atoms with Crippen molar-refractivity contribution in [3.8, 4) is 0 Å². The zero-order valence-electron chi connectivity index (χ0n) is 16.0. The minimum Gasteiger partial charge on any atom is -0.454 e. The number of ketones is 1. The van der Waals surface area contributed by atoms with Crippen molar-refractivity contribution in [3.05, 3.63) is 51.2 Å². The van der Waals surface area contributed by atoms with Crippen LogP contribution in [0.15, 0.2) is 30.3 Å². The summed E-state index contributed by atoms with van der Waals surface area (Å²) < 4.78 is 5.14. The van der Waals surface area contributed by atoms with Crippen molar-refractivity contribution in [2.75, 3.05) is 11.9 Å². The van der Waals surface area contributed by atoms with Gasteiger partial charge in [0.1, 0.15) is 0 Å². The zero-order chi connectivity index (χ0) is 19.8. The third-order valence-corrected chi connectivity index (χ3v) is 5.06. The van der Waals surface area contributed by atoms with Gasteiger partial charge in [0.2, 0.25) is 5.91 Å². The number of hydrogen-bond acceptors (Lipinski definition) is 5. The van der Waals surface area contributed by atoms with Crippen LogP contribution in [0.3, 0.4) is 0 Å². The van der Waals surface area contributed by atoms with Crippen LogP contribution in [-0.4, -0.2) is 24.3 Å². The molecule has 0 aliphatic rings. The first kappa shape index (κ1) is 20.8. The molecular formula is C21H25NO4S. The molecule has 2 aromatic rings. The molecule has 0 spiro atoms. The standard InChI is InChI=1S/C21H25NO4S/c1-4-5-6-7-20(24)22-17-10-8-16(9-11-17)19(23)13-26-21(25)18-12-14(2)27-15(18)3/h8-12H,4-7,13H2,1-3H3,(H,22,24). The van der Waals surface area contributed by atoms with E-state index in [0.29, 0.717) is 23.2 Å². The summed E-state index contributed by atoms with van der Waals surface area (Å²) in [5.74, 6) is -0.798. The van der Waals surface area contributed by atoms with Crippen molar-refractivity contribution in [1.29, 1.82) is 0 Å². The van der Waals surface area contributed by atoms with Crippen molar-refractivity contribution in [3.63, 3.8) is 0 Å². The number of benzene rings is 1. The fourth-order valence-electron chi connectivity index (χ4n) is 2.62. The zero-order valence-corrected chi connectivity index (χ0v) is 16.8. The third-order valence-electron chi connectivity index (χ3n) is 4.09. The minimum atomic E-state index is -0.485. The predicted molar refractivity (Wildman–Crippen MR) is 108 cm³/mol. The van der Waals surface area contributed by atoms with Gasteiger partial charge in [-0.25, -0.2) is 4.79 Å². The lowest BCUT2D eigenvalue weighted by molar-refractivity contribution is -0.116. The highest BCUT2D eigenvalue weighted by Crippen LogP contribution is 2.21. The first-order valence-corrected chi connectivity index (χ1v) is 9.89. The van der Waals surface area contributed by atoms with Crippen LogP contribution in [0, 0.1) is 13.8 Å². The van der Waals surface area contributed by atoms with Gasteiger partial charge in [0.15, 0.2) is 12.4 Å². The summed E-state index contributed by atoms with van der Waals surface area (Å²) in [6, 6.07) is 8.37. The summed E-state index contributed by atoms with van der Waals surface area (Å²) in [5, 5.41) is 2.81. The van der Waals surface area contributed by atoms with E-state index in [1.807, 2.05) is 13.8 Å². The van der Waals surface area contributed by atoms with Crippen LogP contribution in [0.1, 0.15) is 63.1 Å². The number of hydrogen-bond donors (Lipinski definition) is 1. The minimum absolute atomic E-state index is 0.0297. The topological polar surface area (TPSA) is 72.5 Å². The van der Waals surface area contributed by atoms with Crippen molar-refractivity contribution >= 4 is 34.7 Å². The van der Waals surface area contributed by atoms with E-state index in [2.05, 4.69) is 12.2 Å². The summed E-state index contributed by atoms with van der Waals surface area (Å²) in [7, 11) is 0. The van der Waals surface area contributed by atoms with Crippen LogP contribution in [0.4, 0.5) is 5.69 Å². The van der Waals surface area contributed by atoms with Crippen molar-refractivity contribution in [1.82, 2.24) is 0 Å². The summed E-state index contributed by atoms with van der Waals surface area (Å²) in [6.07, 6.45) is 3.46. The molecule has 0 bridgehead atoms. The maximum Gasteiger partial charge on any atom is 0.339 e. The molecule has 1 N–H and O–H groups in total. The molecule has 0 radical (unpaired) electrons. The van der Waals surface area contributed by atoms with Gasteiger partial charge in [0.05, 0.1) is 5.56 Å². The molecule has 1 aromatic carbocycles. The highest BCUT2D eigenvalue weighted by Gasteiger charge is 2.16. The fourth-order valence-corrected chi connectivity index (χ4v) is 3.54. The summed E-state index contributed by atoms with van der Waals surface area (Å²) in [6.45, 7) is 5.55. The molecule has 5 nitrogen and oxygen atoms in total. The molecule has 0 fully saturated rings. The molecule has 0 aliphatic heterocycles. The van der Waals surface area contributed by atoms with Gasteiger partial charge in [-0.3, -0.25) is 9.59 Å². The van der Waals surface area contributed by atoms with Crippen LogP contribution in [0.5, 0.6) is 0 Å². The Bertz CT molecular complexity index is 808. The second-order valence-corrected chi connectivity index (χ2v) is 7.87. The van der Waals surface area contributed by atoms with E-state index in [0.717, 1.165) is 29.0 Å². The van der Waals surface area contributed by atoms with Gasteiger partial charge in [-0.05, 0) is 50.6 Å². The lowest BCUT2D eigenvalue weighted by Crippen LogP contribution is -2.15. The number of carbonyl (C=O) groups is 3. The van der Waals surface area contributed by atoms with Gasteiger partial charge < -0.3 is 10.1 Å². The Kier molecular flexibility index (Phi) is 7.73. The van der Waals surface area contributed by atoms with Gasteiger partial charge in [-0.1, -0.05) is 19.8 Å². The largest absolute Gasteiger partial charge is 0.454 e. The maximum absolute atomic E-state index is 12.2. The number of rotatable bonds is 9. The summed E-state index contributed by atoms with van der Waals surface area (Å²) in [5.41, 5.74) is 1.59. The van der Waals surface area contributed by atoms with E-state index >= 15 is 0 Å². The summed E-state index contributed by atoms with van der Waals surface area (Å²) >= 11 is 1.52. The Morgan fingerprint density at radius 2 is 1.78 bits per heavy atom. The molecule has 0 unspecified atom stereocenters. The number of anilines is 1. The van der Waals surface area contributed by atoms with Crippen LogP contribution >= 0.6 is 11.3 Å². The Balaban J connectivity index is 1.85. The number of aryl methyl sites for hydroxylation is 2. The van der Waals surface area contributed by atoms with Crippen LogP contribution < -0.4 is 5.32 Å². The van der Waals surface area contributed by atoms with Crippen molar-refractivity contribution < 1.29 is 19.1 Å². The Morgan fingerprint density at radius 3 is 2.37 bits per heavy atom. The van der Waals surface area contributed by atoms with Gasteiger partial charge in [-0.2, -0.15) is 0 Å². The number of nitrogens with one attached hydrogen (secondary N) is 1. The second kappa shape index (κ2) is 10.0. The number of unbranched alkanes of at least 4 members (excludes halogenated alkanes) is 2. The third kappa shape index (κ3) is 6.32. The molecule has 1 amide bonds. The van der Waals surface area contributed by atoms with E-state index in [-0.39, 0.29) is 18.3 Å². The molecule has 27 heavy (non-hydrogen) atoms. The van der Waals surface area contributed by atoms with Crippen LogP contribution in [0.2, 0.25) is 0 Å². The van der Waals surface area contributed by atoms with E-state index in [9.17, 15) is 14.4 Å². The van der Waals surface area contributed by atoms with E-state index in [1.165, 1.54) is 11.3 Å². The number of esters is 1. The molecular weight excluding hydrogens is 362 g/mol. The molecule has 0 saturated carbocycles. The number of Topliss-reactive ketones (excluding diaryl/α,β-unsaturated/α-hetero) is 1. The molecule has 1 heterocycles. The number of ether oxygens (including phenoxy) is 1. The van der Waals surface area contributed by atoms with Gasteiger partial charge in [0.25, 0.3) is 0 Å². The smallest absolute Gasteiger partial charge is 0.339 e. The summed E-state index contributed by atoms with van der Waals surface area (Å²) in [4.78, 5) is 38.0. The first-order chi connectivity index (χ1) is 12.9. The average molecular weight is 388 g/mol. The fraction of sp³-hybridized carbons (Fsp3) is 0.381. The lowest BCUT2D eigenvalue weighted by atomic mass is 10.1. The number of amides is 1. The Labute approximate surface area is 163 Å². The SMILES string of the molecule is CCCCCC(=O)Nc1ccc(C(=O)COC(=O)c2cc(C)sc2C)cc1. The monoisotopic (exact) mass is 387 g/mol. The molecule has 2 rings (SSSR count). The molecule has 144 valence electrons. The van der Waals surface area contributed by atoms with Crippen molar-refractivity contribution in [2.24, 2.45) is 0 Å². The van der Waals surface area contributed by atoms with Crippen molar-refractivity contribution in [2.45, 2.75) is 46.5 Å². The molecule has 0 aliphatic carbocycles. The lowest BCUT2D eigenvalue weighted by Gasteiger charge is -2.07. The van der Waals surface area contributed by atoms with Gasteiger partial charge >= 0.3 is 5.97 Å². The molecule has 0 saturated heterocycles. The first-order valence-electron chi connectivity index (χ1n) is 9.08. The molecule has 0 atom stereocenters. The molecule has 6 heteroatoms. The highest BCUT2D eigenvalue weighted by atomic mass is 32.1. The van der Waals surface area contributed by atoms with Gasteiger partial charge in [-0.15, -0.1) is 11.3 Å². The number of thiophene rings is 1. The number of carbonyl (C=O) groups excluding carboxylic acids is 3.